The number of nitrogens with two attached hydrogens (primary N) is 1. The third-order valence-corrected chi connectivity index (χ3v) is 11.7. The van der Waals surface area contributed by atoms with Crippen molar-refractivity contribution >= 4 is 19.8 Å². The molecule has 0 amide bonds. The average Bonchev–Trinajstić information content (AvgIpc) is 3.25. The third-order valence-electron chi connectivity index (χ3n) is 10.7. The Bertz CT molecular complexity index is 1140. The summed E-state index contributed by atoms with van der Waals surface area (Å²) in [5, 5.41) is 0. The molecule has 0 aromatic rings. The summed E-state index contributed by atoms with van der Waals surface area (Å²) in [6, 6.07) is 0. The summed E-state index contributed by atoms with van der Waals surface area (Å²) < 4.78 is 32.9. The Morgan fingerprint density at radius 3 is 1.34 bits per heavy atom. The van der Waals surface area contributed by atoms with Gasteiger partial charge >= 0.3 is 19.8 Å². The number of carbonyl (C=O) groups is 2. The molecule has 10 heteroatoms. The highest BCUT2D eigenvalue weighted by Gasteiger charge is 2.26. The van der Waals surface area contributed by atoms with Crippen molar-refractivity contribution in [1.29, 1.82) is 0 Å². The quantitative estimate of drug-likeness (QED) is 0.0265. The van der Waals surface area contributed by atoms with E-state index in [4.69, 9.17) is 24.3 Å². The topological polar surface area (TPSA) is 134 Å². The molecule has 0 aromatic heterocycles. The van der Waals surface area contributed by atoms with Crippen molar-refractivity contribution in [3.05, 3.63) is 48.6 Å². The maximum atomic E-state index is 12.6. The van der Waals surface area contributed by atoms with Crippen molar-refractivity contribution in [1.82, 2.24) is 0 Å². The predicted octanol–water partition coefficient (Wildman–Crippen LogP) is 15.1. The second-order valence-corrected chi connectivity index (χ2v) is 18.1. The average molecular weight is 880 g/mol. The SMILES string of the molecule is CC/C=C\C/C=C\C/C=C\C/C=C\CCCCCCCCCCCCCCCCC(=O)OC(COC(=O)CCCCCCCCCCCCCCC)COP(=O)(O)OCCN. The van der Waals surface area contributed by atoms with Crippen LogP contribution in [0.25, 0.3) is 0 Å². The van der Waals surface area contributed by atoms with Gasteiger partial charge in [-0.25, -0.2) is 4.57 Å². The first-order chi connectivity index (χ1) is 29.8. The number of allylic oxidation sites excluding steroid dienone is 8. The molecule has 0 spiro atoms. The number of hydrogen-bond acceptors (Lipinski definition) is 8. The summed E-state index contributed by atoms with van der Waals surface area (Å²) in [7, 11) is -4.38. The number of carbonyl (C=O) groups excluding carboxylic acids is 2. The van der Waals surface area contributed by atoms with Crippen molar-refractivity contribution in [2.24, 2.45) is 5.73 Å². The number of ether oxygens (including phenoxy) is 2. The normalized spacial score (nSPS) is 13.6. The van der Waals surface area contributed by atoms with Gasteiger partial charge in [0.1, 0.15) is 6.61 Å². The van der Waals surface area contributed by atoms with E-state index < -0.39 is 26.5 Å². The molecule has 9 nitrogen and oxygen atoms in total. The molecule has 0 radical (unpaired) electrons. The smallest absolute Gasteiger partial charge is 0.462 e. The van der Waals surface area contributed by atoms with Gasteiger partial charge in [0.2, 0.25) is 0 Å². The summed E-state index contributed by atoms with van der Waals surface area (Å²) in [5.74, 6) is -0.821. The Kier molecular flexibility index (Phi) is 45.9. The molecular formula is C51H94NO8P. The van der Waals surface area contributed by atoms with Gasteiger partial charge in [0.15, 0.2) is 6.10 Å². The summed E-state index contributed by atoms with van der Waals surface area (Å²) in [6.07, 6.45) is 55.8. The molecule has 356 valence electrons. The zero-order chi connectivity index (χ0) is 44.6. The molecule has 2 atom stereocenters. The lowest BCUT2D eigenvalue weighted by Gasteiger charge is -2.19. The maximum absolute atomic E-state index is 12.6. The molecule has 0 aliphatic carbocycles. The van der Waals surface area contributed by atoms with Crippen LogP contribution in [-0.4, -0.2) is 49.3 Å². The van der Waals surface area contributed by atoms with Gasteiger partial charge in [-0.1, -0.05) is 217 Å². The minimum absolute atomic E-state index is 0.0540. The lowest BCUT2D eigenvalue weighted by atomic mass is 10.0. The minimum Gasteiger partial charge on any atom is -0.462 e. The van der Waals surface area contributed by atoms with E-state index in [2.05, 4.69) is 62.5 Å². The van der Waals surface area contributed by atoms with Crippen LogP contribution in [0.15, 0.2) is 48.6 Å². The van der Waals surface area contributed by atoms with Gasteiger partial charge in [0, 0.05) is 19.4 Å². The van der Waals surface area contributed by atoms with E-state index in [0.29, 0.717) is 6.42 Å². The van der Waals surface area contributed by atoms with Crippen molar-refractivity contribution in [2.75, 3.05) is 26.4 Å². The van der Waals surface area contributed by atoms with E-state index in [1.54, 1.807) is 0 Å². The first-order valence-electron chi connectivity index (χ1n) is 25.1. The van der Waals surface area contributed by atoms with Crippen molar-refractivity contribution in [2.45, 2.75) is 238 Å². The van der Waals surface area contributed by atoms with E-state index in [9.17, 15) is 19.0 Å². The largest absolute Gasteiger partial charge is 0.472 e. The minimum atomic E-state index is -4.38. The van der Waals surface area contributed by atoms with E-state index in [0.717, 1.165) is 64.2 Å². The van der Waals surface area contributed by atoms with E-state index >= 15 is 0 Å². The molecule has 0 fully saturated rings. The van der Waals surface area contributed by atoms with Gasteiger partial charge in [-0.3, -0.25) is 18.6 Å². The number of phosphoric acid groups is 1. The van der Waals surface area contributed by atoms with Gasteiger partial charge in [-0.15, -0.1) is 0 Å². The van der Waals surface area contributed by atoms with Crippen LogP contribution in [0.1, 0.15) is 232 Å². The molecule has 0 bridgehead atoms. The number of hydrogen-bond donors (Lipinski definition) is 2. The van der Waals surface area contributed by atoms with Crippen LogP contribution in [0.3, 0.4) is 0 Å². The van der Waals surface area contributed by atoms with E-state index in [1.807, 2.05) is 0 Å². The number of esters is 2. The van der Waals surface area contributed by atoms with Crippen molar-refractivity contribution in [3.8, 4) is 0 Å². The van der Waals surface area contributed by atoms with Crippen LogP contribution in [0.5, 0.6) is 0 Å². The molecular weight excluding hydrogens is 786 g/mol. The predicted molar refractivity (Wildman–Crippen MR) is 257 cm³/mol. The fraction of sp³-hybridized carbons (Fsp3) is 0.804. The molecule has 0 saturated carbocycles. The Balaban J connectivity index is 3.97. The summed E-state index contributed by atoms with van der Waals surface area (Å²) in [4.78, 5) is 35.0. The van der Waals surface area contributed by atoms with Gasteiger partial charge < -0.3 is 20.1 Å². The van der Waals surface area contributed by atoms with Gasteiger partial charge in [0.25, 0.3) is 0 Å². The standard InChI is InChI=1S/C51H94NO8P/c1-3-5-7-9-11-13-15-17-18-19-20-21-22-23-24-25-26-27-28-29-30-32-34-36-38-40-42-44-51(54)60-49(48-59-61(55,56)58-46-45-52)47-57-50(53)43-41-39-37-35-33-31-16-14-12-10-8-6-4-2/h5,7,11,13,17-18,20-21,49H,3-4,6,8-10,12,14-16,19,22-48,52H2,1-2H3,(H,55,56)/b7-5-,13-11-,18-17-,21-20-. The Hall–Kier alpha value is -2.03. The van der Waals surface area contributed by atoms with Crippen LogP contribution < -0.4 is 5.73 Å². The molecule has 0 aliphatic rings. The fourth-order valence-corrected chi connectivity index (χ4v) is 7.80. The summed E-state index contributed by atoms with van der Waals surface area (Å²) in [6.45, 7) is 3.64. The van der Waals surface area contributed by atoms with Crippen LogP contribution in [0.2, 0.25) is 0 Å². The molecule has 0 aromatic carbocycles. The molecule has 0 saturated heterocycles. The molecule has 3 N–H and O–H groups in total. The van der Waals surface area contributed by atoms with Crippen LogP contribution >= 0.6 is 7.82 Å². The molecule has 0 heterocycles. The van der Waals surface area contributed by atoms with E-state index in [1.165, 1.54) is 135 Å². The van der Waals surface area contributed by atoms with Crippen LogP contribution in [-0.2, 0) is 32.7 Å². The molecule has 0 rings (SSSR count). The highest BCUT2D eigenvalue weighted by molar-refractivity contribution is 7.47. The van der Waals surface area contributed by atoms with Crippen molar-refractivity contribution < 1.29 is 37.6 Å². The number of rotatable bonds is 47. The highest BCUT2D eigenvalue weighted by Crippen LogP contribution is 2.43. The Labute approximate surface area is 375 Å². The first-order valence-corrected chi connectivity index (χ1v) is 26.6. The van der Waals surface area contributed by atoms with Gasteiger partial charge in [-0.05, 0) is 51.4 Å². The second kappa shape index (κ2) is 47.4. The molecule has 0 aliphatic heterocycles. The highest BCUT2D eigenvalue weighted by atomic mass is 31.2. The maximum Gasteiger partial charge on any atom is 0.472 e. The summed E-state index contributed by atoms with van der Waals surface area (Å²) >= 11 is 0. The summed E-state index contributed by atoms with van der Waals surface area (Å²) in [5.41, 5.74) is 5.36. The third kappa shape index (κ3) is 47.3. The lowest BCUT2D eigenvalue weighted by molar-refractivity contribution is -0.161. The number of phosphoric ester groups is 1. The second-order valence-electron chi connectivity index (χ2n) is 16.7. The Morgan fingerprint density at radius 2 is 0.902 bits per heavy atom. The van der Waals surface area contributed by atoms with Gasteiger partial charge in [0.05, 0.1) is 13.2 Å². The van der Waals surface area contributed by atoms with Crippen LogP contribution in [0, 0.1) is 0 Å². The Morgan fingerprint density at radius 1 is 0.508 bits per heavy atom. The molecule has 2 unspecified atom stereocenters. The van der Waals surface area contributed by atoms with Gasteiger partial charge in [-0.2, -0.15) is 0 Å². The monoisotopic (exact) mass is 880 g/mol. The molecule has 61 heavy (non-hydrogen) atoms. The number of unbranched alkanes of at least 4 members (excludes halogenated alkanes) is 26. The fourth-order valence-electron chi connectivity index (χ4n) is 7.04. The van der Waals surface area contributed by atoms with E-state index in [-0.39, 0.29) is 38.6 Å². The zero-order valence-electron chi connectivity index (χ0n) is 39.4. The zero-order valence-corrected chi connectivity index (χ0v) is 40.3. The van der Waals surface area contributed by atoms with Crippen LogP contribution in [0.4, 0.5) is 0 Å². The lowest BCUT2D eigenvalue weighted by Crippen LogP contribution is -2.29. The first kappa shape index (κ1) is 59.0. The van der Waals surface area contributed by atoms with Crippen molar-refractivity contribution in [3.63, 3.8) is 0 Å².